The van der Waals surface area contributed by atoms with Gasteiger partial charge in [0.2, 0.25) is 0 Å². The summed E-state index contributed by atoms with van der Waals surface area (Å²) in [5.74, 6) is 0.0789. The molecule has 1 aliphatic carbocycles. The van der Waals surface area contributed by atoms with Gasteiger partial charge in [0.1, 0.15) is 35.1 Å². The molecule has 2 aromatic heterocycles. The lowest BCUT2D eigenvalue weighted by Crippen LogP contribution is -2.44. The number of rotatable bonds is 10. The lowest BCUT2D eigenvalue weighted by Gasteiger charge is -2.31. The third-order valence-corrected chi connectivity index (χ3v) is 7.22. The number of imidazole rings is 1. The van der Waals surface area contributed by atoms with Crippen LogP contribution in [-0.2, 0) is 4.74 Å². The fourth-order valence-corrected chi connectivity index (χ4v) is 5.24. The third-order valence-electron chi connectivity index (χ3n) is 7.22. The van der Waals surface area contributed by atoms with Crippen LogP contribution >= 0.6 is 0 Å². The van der Waals surface area contributed by atoms with Gasteiger partial charge in [-0.05, 0) is 43.9 Å². The predicted molar refractivity (Wildman–Crippen MR) is 134 cm³/mol. The van der Waals surface area contributed by atoms with Crippen molar-refractivity contribution in [3.8, 4) is 28.5 Å². The van der Waals surface area contributed by atoms with E-state index in [9.17, 15) is 13.6 Å². The minimum atomic E-state index is -3.10. The van der Waals surface area contributed by atoms with Gasteiger partial charge in [0.05, 0.1) is 31.2 Å². The molecule has 1 amide bonds. The van der Waals surface area contributed by atoms with E-state index in [1.165, 1.54) is 13.2 Å². The molecule has 0 radical (unpaired) electrons. The number of amides is 1. The Morgan fingerprint density at radius 2 is 1.92 bits per heavy atom. The van der Waals surface area contributed by atoms with Crippen LogP contribution in [0.1, 0.15) is 36.0 Å². The molecule has 11 heteroatoms. The van der Waals surface area contributed by atoms with Crippen molar-refractivity contribution in [2.45, 2.75) is 50.5 Å². The van der Waals surface area contributed by atoms with Gasteiger partial charge in [0.25, 0.3) is 5.91 Å². The van der Waals surface area contributed by atoms with E-state index in [1.807, 2.05) is 22.7 Å². The summed E-state index contributed by atoms with van der Waals surface area (Å²) in [5.41, 5.74) is 1.72. The lowest BCUT2D eigenvalue weighted by molar-refractivity contribution is -0.0502. The van der Waals surface area contributed by atoms with E-state index in [0.717, 1.165) is 45.3 Å². The molecule has 38 heavy (non-hydrogen) atoms. The number of morpholine rings is 1. The van der Waals surface area contributed by atoms with Crippen LogP contribution in [-0.4, -0.2) is 78.4 Å². The first-order valence-electron chi connectivity index (χ1n) is 12.9. The van der Waals surface area contributed by atoms with Crippen LogP contribution in [0.4, 0.5) is 8.78 Å². The fraction of sp³-hybridized carbons (Fsp3) is 0.481. The average Bonchev–Trinajstić information content (AvgIpc) is 3.50. The zero-order valence-electron chi connectivity index (χ0n) is 21.1. The van der Waals surface area contributed by atoms with Gasteiger partial charge < -0.3 is 24.3 Å². The number of nitrogens with one attached hydrogen (secondary N) is 1. The van der Waals surface area contributed by atoms with Crippen LogP contribution < -0.4 is 19.5 Å². The normalized spacial score (nSPS) is 21.2. The molecule has 9 nitrogen and oxygen atoms in total. The molecule has 1 N–H and O–H groups in total. The van der Waals surface area contributed by atoms with E-state index in [0.29, 0.717) is 41.5 Å². The number of aromatic nitrogens is 2. The monoisotopic (exact) mass is 528 g/mol. The SMILES string of the molecule is COc1cc(-c2cnc3cc(OCCN4CC5CCC(C4)O5)ccn23)cc(OC(F)F)c1C(=O)NC1CC1. The van der Waals surface area contributed by atoms with Crippen molar-refractivity contribution in [3.63, 3.8) is 0 Å². The molecule has 2 saturated heterocycles. The van der Waals surface area contributed by atoms with Crippen molar-refractivity contribution in [3.05, 3.63) is 42.2 Å². The molecule has 2 atom stereocenters. The van der Waals surface area contributed by atoms with Gasteiger partial charge in [-0.15, -0.1) is 0 Å². The Morgan fingerprint density at radius 1 is 1.16 bits per heavy atom. The number of likely N-dealkylation sites (tertiary alicyclic amines) is 1. The minimum Gasteiger partial charge on any atom is -0.496 e. The van der Waals surface area contributed by atoms with Crippen molar-refractivity contribution in [1.82, 2.24) is 19.6 Å². The number of fused-ring (bicyclic) bond motifs is 3. The largest absolute Gasteiger partial charge is 0.496 e. The number of hydrogen-bond acceptors (Lipinski definition) is 7. The van der Waals surface area contributed by atoms with Crippen molar-refractivity contribution in [2.24, 2.45) is 0 Å². The number of carbonyl (C=O) groups is 1. The Morgan fingerprint density at radius 3 is 2.63 bits per heavy atom. The van der Waals surface area contributed by atoms with Crippen molar-refractivity contribution >= 4 is 11.6 Å². The summed E-state index contributed by atoms with van der Waals surface area (Å²) >= 11 is 0. The highest BCUT2D eigenvalue weighted by atomic mass is 19.3. The molecule has 1 aromatic carbocycles. The average molecular weight is 529 g/mol. The fourth-order valence-electron chi connectivity index (χ4n) is 5.24. The standard InChI is InChI=1S/C27H30F2N4O5/c1-35-22-10-16(11-23(38-27(28)29)25(22)26(34)31-17-2-3-17)21-13-30-24-12-18(6-7-33(21)24)36-9-8-32-14-19-4-5-20(15-32)37-19/h6-7,10-13,17,19-20,27H,2-5,8-9,14-15H2,1H3,(H,31,34). The maximum absolute atomic E-state index is 13.3. The summed E-state index contributed by atoms with van der Waals surface area (Å²) < 4.78 is 50.4. The number of pyridine rings is 1. The Balaban J connectivity index is 1.21. The first-order valence-corrected chi connectivity index (χ1v) is 12.9. The number of alkyl halides is 2. The molecule has 1 saturated carbocycles. The van der Waals surface area contributed by atoms with Crippen molar-refractivity contribution in [2.75, 3.05) is 33.4 Å². The van der Waals surface area contributed by atoms with E-state index >= 15 is 0 Å². The first-order chi connectivity index (χ1) is 18.5. The highest BCUT2D eigenvalue weighted by Gasteiger charge is 2.33. The van der Waals surface area contributed by atoms with E-state index in [2.05, 4.69) is 15.2 Å². The van der Waals surface area contributed by atoms with Crippen LogP contribution in [0.25, 0.3) is 16.9 Å². The van der Waals surface area contributed by atoms with E-state index in [4.69, 9.17) is 18.9 Å². The molecular weight excluding hydrogens is 498 g/mol. The Labute approximate surface area is 218 Å². The van der Waals surface area contributed by atoms with E-state index in [1.54, 1.807) is 12.3 Å². The van der Waals surface area contributed by atoms with Crippen LogP contribution in [0, 0.1) is 0 Å². The maximum Gasteiger partial charge on any atom is 0.387 e. The highest BCUT2D eigenvalue weighted by Crippen LogP contribution is 2.37. The Bertz CT molecular complexity index is 1320. The number of halogens is 2. The maximum atomic E-state index is 13.3. The second kappa shape index (κ2) is 10.4. The minimum absolute atomic E-state index is 0.0467. The molecule has 202 valence electrons. The van der Waals surface area contributed by atoms with Gasteiger partial charge in [-0.25, -0.2) is 4.98 Å². The number of ether oxygens (including phenoxy) is 4. The summed E-state index contributed by atoms with van der Waals surface area (Å²) in [6.45, 7) is 0.180. The van der Waals surface area contributed by atoms with Crippen LogP contribution in [0.3, 0.4) is 0 Å². The van der Waals surface area contributed by atoms with Gasteiger partial charge >= 0.3 is 6.61 Å². The predicted octanol–water partition coefficient (Wildman–Crippen LogP) is 3.75. The number of methoxy groups -OCH3 is 1. The molecule has 6 rings (SSSR count). The van der Waals surface area contributed by atoms with E-state index < -0.39 is 12.5 Å². The number of hydrogen-bond donors (Lipinski definition) is 1. The van der Waals surface area contributed by atoms with E-state index in [-0.39, 0.29) is 23.1 Å². The van der Waals surface area contributed by atoms with Crippen molar-refractivity contribution in [1.29, 1.82) is 0 Å². The van der Waals surface area contributed by atoms with Crippen LogP contribution in [0.15, 0.2) is 36.7 Å². The molecule has 2 unspecified atom stereocenters. The number of benzene rings is 1. The van der Waals surface area contributed by atoms with Gasteiger partial charge in [-0.2, -0.15) is 8.78 Å². The molecule has 3 aromatic rings. The van der Waals surface area contributed by atoms with Gasteiger partial charge in [0.15, 0.2) is 0 Å². The first kappa shape index (κ1) is 24.9. The number of nitrogens with zero attached hydrogens (tertiary/aromatic N) is 3. The van der Waals surface area contributed by atoms with Crippen LogP contribution in [0.5, 0.6) is 17.2 Å². The second-order valence-corrected chi connectivity index (χ2v) is 9.98. The lowest BCUT2D eigenvalue weighted by atomic mass is 10.1. The Hall–Kier alpha value is -3.44. The molecule has 4 heterocycles. The summed E-state index contributed by atoms with van der Waals surface area (Å²) in [4.78, 5) is 19.7. The molecule has 2 bridgehead atoms. The number of carbonyl (C=O) groups excluding carboxylic acids is 1. The third kappa shape index (κ3) is 5.25. The molecular formula is C27H30F2N4O5. The summed E-state index contributed by atoms with van der Waals surface area (Å²) in [6.07, 6.45) is 8.14. The van der Waals surface area contributed by atoms with Gasteiger partial charge in [0, 0.05) is 43.5 Å². The zero-order chi connectivity index (χ0) is 26.2. The highest BCUT2D eigenvalue weighted by molar-refractivity contribution is 6.01. The topological polar surface area (TPSA) is 86.6 Å². The molecule has 2 aliphatic heterocycles. The van der Waals surface area contributed by atoms with Gasteiger partial charge in [-0.1, -0.05) is 0 Å². The zero-order valence-corrected chi connectivity index (χ0v) is 21.1. The second-order valence-electron chi connectivity index (χ2n) is 9.98. The summed E-state index contributed by atoms with van der Waals surface area (Å²) in [5, 5.41) is 2.81. The summed E-state index contributed by atoms with van der Waals surface area (Å²) in [7, 11) is 1.39. The smallest absolute Gasteiger partial charge is 0.387 e. The molecule has 0 spiro atoms. The quantitative estimate of drug-likeness (QED) is 0.429. The van der Waals surface area contributed by atoms with Gasteiger partial charge in [-0.3, -0.25) is 14.1 Å². The van der Waals surface area contributed by atoms with Crippen LogP contribution in [0.2, 0.25) is 0 Å². The Kier molecular flexibility index (Phi) is 6.79. The summed E-state index contributed by atoms with van der Waals surface area (Å²) in [6, 6.07) is 6.76. The molecule has 3 fully saturated rings. The molecule has 3 aliphatic rings. The van der Waals surface area contributed by atoms with Crippen molar-refractivity contribution < 1.29 is 32.5 Å².